The molecule has 20 heavy (non-hydrogen) atoms. The van der Waals surface area contributed by atoms with Gasteiger partial charge in [-0.05, 0) is 18.7 Å². The van der Waals surface area contributed by atoms with Gasteiger partial charge in [0.2, 0.25) is 5.89 Å². The molecular weight excluding hydrogens is 258 g/mol. The van der Waals surface area contributed by atoms with Gasteiger partial charge >= 0.3 is 0 Å². The molecule has 2 rings (SSSR count). The fourth-order valence-corrected chi connectivity index (χ4v) is 1.57. The Morgan fingerprint density at radius 3 is 3.05 bits per heavy atom. The van der Waals surface area contributed by atoms with Crippen molar-refractivity contribution >= 4 is 5.91 Å². The van der Waals surface area contributed by atoms with Gasteiger partial charge in [0, 0.05) is 19.2 Å². The Balaban J connectivity index is 1.83. The highest BCUT2D eigenvalue weighted by molar-refractivity contribution is 5.90. The predicted octanol–water partition coefficient (Wildman–Crippen LogP) is 0.547. The molecule has 0 aliphatic rings. The standard InChI is InChI=1S/C13H17N5O2/c1-2-14-8-6-11-17-12(18-20-11)13(19)16-9-10-5-3-4-7-15-10/h3-5,7,14H,2,6,8-9H2,1H3,(H,16,19). The van der Waals surface area contributed by atoms with Crippen LogP contribution in [0.3, 0.4) is 0 Å². The van der Waals surface area contributed by atoms with E-state index in [0.717, 1.165) is 18.8 Å². The van der Waals surface area contributed by atoms with Crippen LogP contribution in [0.5, 0.6) is 0 Å². The molecule has 0 bridgehead atoms. The quantitative estimate of drug-likeness (QED) is 0.717. The number of carbonyl (C=O) groups excluding carboxylic acids is 1. The van der Waals surface area contributed by atoms with E-state index in [-0.39, 0.29) is 11.7 Å². The van der Waals surface area contributed by atoms with E-state index in [1.54, 1.807) is 6.20 Å². The van der Waals surface area contributed by atoms with Crippen LogP contribution in [0.15, 0.2) is 28.9 Å². The highest BCUT2D eigenvalue weighted by Gasteiger charge is 2.14. The lowest BCUT2D eigenvalue weighted by molar-refractivity contribution is 0.0937. The summed E-state index contributed by atoms with van der Waals surface area (Å²) in [7, 11) is 0. The average molecular weight is 275 g/mol. The maximum absolute atomic E-state index is 11.8. The molecule has 0 fully saturated rings. The fraction of sp³-hybridized carbons (Fsp3) is 0.385. The zero-order chi connectivity index (χ0) is 14.2. The molecule has 0 aromatic carbocycles. The van der Waals surface area contributed by atoms with E-state index in [1.807, 2.05) is 25.1 Å². The van der Waals surface area contributed by atoms with E-state index < -0.39 is 0 Å². The maximum atomic E-state index is 11.8. The Morgan fingerprint density at radius 2 is 2.30 bits per heavy atom. The summed E-state index contributed by atoms with van der Waals surface area (Å²) in [6, 6.07) is 5.52. The van der Waals surface area contributed by atoms with E-state index in [9.17, 15) is 4.79 Å². The second kappa shape index (κ2) is 7.34. The molecule has 2 aromatic rings. The number of carbonyl (C=O) groups is 1. The van der Waals surface area contributed by atoms with Crippen LogP contribution in [0.25, 0.3) is 0 Å². The number of nitrogens with one attached hydrogen (secondary N) is 2. The van der Waals surface area contributed by atoms with Gasteiger partial charge in [0.25, 0.3) is 11.7 Å². The third-order valence-corrected chi connectivity index (χ3v) is 2.59. The van der Waals surface area contributed by atoms with E-state index in [2.05, 4.69) is 25.8 Å². The lowest BCUT2D eigenvalue weighted by Gasteiger charge is -2.00. The second-order valence-corrected chi connectivity index (χ2v) is 4.12. The van der Waals surface area contributed by atoms with Crippen LogP contribution in [0, 0.1) is 0 Å². The van der Waals surface area contributed by atoms with Crippen molar-refractivity contribution < 1.29 is 9.32 Å². The first-order valence-corrected chi connectivity index (χ1v) is 6.51. The predicted molar refractivity (Wildman–Crippen MR) is 72.0 cm³/mol. The molecule has 2 aromatic heterocycles. The van der Waals surface area contributed by atoms with E-state index in [1.165, 1.54) is 0 Å². The van der Waals surface area contributed by atoms with Gasteiger partial charge in [-0.3, -0.25) is 9.78 Å². The highest BCUT2D eigenvalue weighted by Crippen LogP contribution is 1.99. The van der Waals surface area contributed by atoms with E-state index >= 15 is 0 Å². The Kier molecular flexibility index (Phi) is 5.19. The third kappa shape index (κ3) is 4.13. The molecule has 0 unspecified atom stereocenters. The van der Waals surface area contributed by atoms with Crippen molar-refractivity contribution in [1.82, 2.24) is 25.8 Å². The lowest BCUT2D eigenvalue weighted by atomic mass is 10.3. The van der Waals surface area contributed by atoms with Gasteiger partial charge in [-0.1, -0.05) is 18.1 Å². The number of rotatable bonds is 7. The summed E-state index contributed by atoms with van der Waals surface area (Å²) in [4.78, 5) is 20.0. The molecule has 0 radical (unpaired) electrons. The van der Waals surface area contributed by atoms with Crippen molar-refractivity contribution in [3.8, 4) is 0 Å². The first-order chi connectivity index (χ1) is 9.79. The van der Waals surface area contributed by atoms with Gasteiger partial charge in [-0.2, -0.15) is 4.98 Å². The van der Waals surface area contributed by atoms with Crippen molar-refractivity contribution in [3.05, 3.63) is 41.8 Å². The molecule has 106 valence electrons. The molecule has 2 N–H and O–H groups in total. The largest absolute Gasteiger partial charge is 0.344 e. The monoisotopic (exact) mass is 275 g/mol. The minimum atomic E-state index is -0.367. The van der Waals surface area contributed by atoms with Gasteiger partial charge in [0.1, 0.15) is 0 Å². The molecule has 7 nitrogen and oxygen atoms in total. The molecule has 0 atom stereocenters. The Hall–Kier alpha value is -2.28. The summed E-state index contributed by atoms with van der Waals surface area (Å²) in [6.45, 7) is 3.98. The van der Waals surface area contributed by atoms with Crippen molar-refractivity contribution in [2.45, 2.75) is 19.9 Å². The first kappa shape index (κ1) is 14.1. The summed E-state index contributed by atoms with van der Waals surface area (Å²) < 4.78 is 5.01. The Morgan fingerprint density at radius 1 is 1.40 bits per heavy atom. The summed E-state index contributed by atoms with van der Waals surface area (Å²) in [6.07, 6.45) is 2.28. The van der Waals surface area contributed by atoms with E-state index in [4.69, 9.17) is 4.52 Å². The van der Waals surface area contributed by atoms with Crippen molar-refractivity contribution in [3.63, 3.8) is 0 Å². The molecule has 2 heterocycles. The minimum absolute atomic E-state index is 0.0485. The molecule has 0 aliphatic carbocycles. The first-order valence-electron chi connectivity index (χ1n) is 6.51. The topological polar surface area (TPSA) is 92.9 Å². The number of likely N-dealkylation sites (N-methyl/N-ethyl adjacent to an activating group) is 1. The van der Waals surface area contributed by atoms with Gasteiger partial charge in [0.15, 0.2) is 0 Å². The lowest BCUT2D eigenvalue weighted by Crippen LogP contribution is -2.24. The van der Waals surface area contributed by atoms with Crippen molar-refractivity contribution in [1.29, 1.82) is 0 Å². The van der Waals surface area contributed by atoms with Crippen molar-refractivity contribution in [2.75, 3.05) is 13.1 Å². The number of hydrogen-bond acceptors (Lipinski definition) is 6. The molecule has 0 saturated carbocycles. The summed E-state index contributed by atoms with van der Waals surface area (Å²) in [5.41, 5.74) is 0.775. The van der Waals surface area contributed by atoms with Crippen LogP contribution in [0.2, 0.25) is 0 Å². The molecule has 0 saturated heterocycles. The number of nitrogens with zero attached hydrogens (tertiary/aromatic N) is 3. The Labute approximate surface area is 116 Å². The maximum Gasteiger partial charge on any atom is 0.293 e. The number of amides is 1. The minimum Gasteiger partial charge on any atom is -0.344 e. The second-order valence-electron chi connectivity index (χ2n) is 4.12. The molecule has 0 spiro atoms. The molecule has 7 heteroatoms. The van der Waals surface area contributed by atoms with Gasteiger partial charge < -0.3 is 15.2 Å². The summed E-state index contributed by atoms with van der Waals surface area (Å²) in [5.74, 6) is 0.135. The van der Waals surface area contributed by atoms with Gasteiger partial charge in [-0.25, -0.2) is 0 Å². The van der Waals surface area contributed by atoms with Crippen LogP contribution in [0.1, 0.15) is 29.1 Å². The molecule has 0 aliphatic heterocycles. The summed E-state index contributed by atoms with van der Waals surface area (Å²) >= 11 is 0. The number of hydrogen-bond donors (Lipinski definition) is 2. The van der Waals surface area contributed by atoms with Gasteiger partial charge in [-0.15, -0.1) is 0 Å². The van der Waals surface area contributed by atoms with E-state index in [0.29, 0.717) is 18.9 Å². The van der Waals surface area contributed by atoms with Crippen LogP contribution in [-0.4, -0.2) is 34.1 Å². The third-order valence-electron chi connectivity index (χ3n) is 2.59. The van der Waals surface area contributed by atoms with Gasteiger partial charge in [0.05, 0.1) is 12.2 Å². The molecule has 1 amide bonds. The van der Waals surface area contributed by atoms with Crippen LogP contribution >= 0.6 is 0 Å². The number of aromatic nitrogens is 3. The Bertz CT molecular complexity index is 541. The number of pyridine rings is 1. The normalized spacial score (nSPS) is 10.4. The highest BCUT2D eigenvalue weighted by atomic mass is 16.5. The summed E-state index contributed by atoms with van der Waals surface area (Å²) in [5, 5.41) is 9.50. The SMILES string of the molecule is CCNCCc1nc(C(=O)NCc2ccccn2)no1. The zero-order valence-electron chi connectivity index (χ0n) is 11.3. The average Bonchev–Trinajstić information content (AvgIpc) is 2.95. The van der Waals surface area contributed by atoms with Crippen molar-refractivity contribution in [2.24, 2.45) is 0 Å². The van der Waals surface area contributed by atoms with Crippen LogP contribution in [0.4, 0.5) is 0 Å². The fourth-order valence-electron chi connectivity index (χ4n) is 1.57. The zero-order valence-corrected chi connectivity index (χ0v) is 11.3. The van der Waals surface area contributed by atoms with Crippen LogP contribution < -0.4 is 10.6 Å². The smallest absolute Gasteiger partial charge is 0.293 e. The van der Waals surface area contributed by atoms with Crippen LogP contribution in [-0.2, 0) is 13.0 Å². The molecular formula is C13H17N5O2.